The van der Waals surface area contributed by atoms with Gasteiger partial charge < -0.3 is 15.1 Å². The summed E-state index contributed by atoms with van der Waals surface area (Å²) in [6, 6.07) is 5.90. The Kier molecular flexibility index (Phi) is 5.73. The van der Waals surface area contributed by atoms with Crippen LogP contribution in [0.15, 0.2) is 18.2 Å². The van der Waals surface area contributed by atoms with Gasteiger partial charge in [0.05, 0.1) is 0 Å². The number of nitrogens with zero attached hydrogens (tertiary/aromatic N) is 2. The highest BCUT2D eigenvalue weighted by Crippen LogP contribution is 2.25. The van der Waals surface area contributed by atoms with Crippen molar-refractivity contribution in [1.29, 1.82) is 0 Å². The topological polar surface area (TPSA) is 18.5 Å². The van der Waals surface area contributed by atoms with Crippen LogP contribution in [0.25, 0.3) is 0 Å². The van der Waals surface area contributed by atoms with Crippen molar-refractivity contribution in [3.8, 4) is 0 Å². The van der Waals surface area contributed by atoms with E-state index in [9.17, 15) is 4.39 Å². The molecule has 0 spiro atoms. The lowest BCUT2D eigenvalue weighted by Crippen LogP contribution is -2.47. The van der Waals surface area contributed by atoms with Crippen molar-refractivity contribution in [3.05, 3.63) is 35.1 Å². The fourth-order valence-corrected chi connectivity index (χ4v) is 3.31. The molecule has 2 unspecified atom stereocenters. The fraction of sp³-hybridized carbons (Fsp3) is 0.647. The minimum Gasteiger partial charge on any atom is -0.309 e. The molecule has 2 rings (SSSR count). The van der Waals surface area contributed by atoms with E-state index < -0.39 is 0 Å². The second kappa shape index (κ2) is 7.34. The summed E-state index contributed by atoms with van der Waals surface area (Å²) >= 11 is 0. The van der Waals surface area contributed by atoms with E-state index in [0.717, 1.165) is 37.3 Å². The van der Waals surface area contributed by atoms with Gasteiger partial charge in [-0.1, -0.05) is 13.0 Å². The fourth-order valence-electron chi connectivity index (χ4n) is 3.31. The molecule has 0 aliphatic carbocycles. The van der Waals surface area contributed by atoms with Crippen molar-refractivity contribution >= 4 is 0 Å². The van der Waals surface area contributed by atoms with Gasteiger partial charge in [0.25, 0.3) is 0 Å². The van der Waals surface area contributed by atoms with Crippen molar-refractivity contribution in [1.82, 2.24) is 15.1 Å². The van der Waals surface area contributed by atoms with Crippen LogP contribution in [0.2, 0.25) is 0 Å². The highest BCUT2D eigenvalue weighted by Gasteiger charge is 2.29. The number of rotatable bonds is 4. The first-order chi connectivity index (χ1) is 10.0. The van der Waals surface area contributed by atoms with Gasteiger partial charge >= 0.3 is 0 Å². The molecule has 3 nitrogen and oxygen atoms in total. The molecule has 0 aromatic heterocycles. The average Bonchev–Trinajstić information content (AvgIpc) is 2.56. The molecular weight excluding hydrogens is 265 g/mol. The van der Waals surface area contributed by atoms with Crippen molar-refractivity contribution in [2.45, 2.75) is 32.4 Å². The monoisotopic (exact) mass is 293 g/mol. The number of benzene rings is 1. The first-order valence-electron chi connectivity index (χ1n) is 7.90. The van der Waals surface area contributed by atoms with Gasteiger partial charge in [-0.3, -0.25) is 0 Å². The molecule has 0 saturated carbocycles. The van der Waals surface area contributed by atoms with Gasteiger partial charge in [-0.15, -0.1) is 0 Å². The molecule has 1 aliphatic heterocycles. The molecule has 0 bridgehead atoms. The van der Waals surface area contributed by atoms with E-state index in [0.29, 0.717) is 6.04 Å². The van der Waals surface area contributed by atoms with Crippen LogP contribution in [0.3, 0.4) is 0 Å². The molecule has 1 heterocycles. The Labute approximate surface area is 128 Å². The second-order valence-electron chi connectivity index (χ2n) is 6.26. The van der Waals surface area contributed by atoms with E-state index in [1.807, 2.05) is 6.92 Å². The van der Waals surface area contributed by atoms with Gasteiger partial charge in [-0.2, -0.15) is 0 Å². The first kappa shape index (κ1) is 16.4. The van der Waals surface area contributed by atoms with Gasteiger partial charge in [0, 0.05) is 18.6 Å². The highest BCUT2D eigenvalue weighted by molar-refractivity contribution is 5.27. The van der Waals surface area contributed by atoms with Crippen LogP contribution in [0.5, 0.6) is 0 Å². The molecule has 1 N–H and O–H groups in total. The summed E-state index contributed by atoms with van der Waals surface area (Å²) in [6.07, 6.45) is 1.19. The molecular formula is C17H28FN3. The zero-order chi connectivity index (χ0) is 15.4. The lowest BCUT2D eigenvalue weighted by atomic mass is 9.96. The van der Waals surface area contributed by atoms with Crippen LogP contribution in [0.1, 0.15) is 30.5 Å². The number of nitrogens with one attached hydrogen (secondary N) is 1. The SMILES string of the molecule is CCNC(c1cc(C)cc(F)c1)C1CN(C)CCCN1C. The zero-order valence-electron chi connectivity index (χ0n) is 13.7. The van der Waals surface area contributed by atoms with Crippen LogP contribution in [-0.4, -0.2) is 56.1 Å². The largest absolute Gasteiger partial charge is 0.309 e. The molecule has 1 saturated heterocycles. The number of halogens is 1. The molecule has 0 amide bonds. The summed E-state index contributed by atoms with van der Waals surface area (Å²) in [5.41, 5.74) is 2.04. The Bertz CT molecular complexity index is 443. The van der Waals surface area contributed by atoms with E-state index in [1.54, 1.807) is 12.1 Å². The maximum atomic E-state index is 13.8. The number of likely N-dealkylation sites (N-methyl/N-ethyl adjacent to an activating group) is 3. The van der Waals surface area contributed by atoms with E-state index in [1.165, 1.54) is 6.42 Å². The second-order valence-corrected chi connectivity index (χ2v) is 6.26. The van der Waals surface area contributed by atoms with E-state index >= 15 is 0 Å². The van der Waals surface area contributed by atoms with Gasteiger partial charge in [-0.25, -0.2) is 4.39 Å². The summed E-state index contributed by atoms with van der Waals surface area (Å²) in [5.74, 6) is -0.141. The first-order valence-corrected chi connectivity index (χ1v) is 7.90. The Morgan fingerprint density at radius 1 is 1.29 bits per heavy atom. The Morgan fingerprint density at radius 3 is 2.71 bits per heavy atom. The number of hydrogen-bond acceptors (Lipinski definition) is 3. The van der Waals surface area contributed by atoms with Gasteiger partial charge in [0.2, 0.25) is 0 Å². The van der Waals surface area contributed by atoms with Crippen molar-refractivity contribution < 1.29 is 4.39 Å². The lowest BCUT2D eigenvalue weighted by Gasteiger charge is -2.35. The predicted octanol–water partition coefficient (Wildman–Crippen LogP) is 2.42. The molecule has 1 fully saturated rings. The minimum atomic E-state index is -0.141. The van der Waals surface area contributed by atoms with Crippen molar-refractivity contribution in [3.63, 3.8) is 0 Å². The van der Waals surface area contributed by atoms with E-state index in [2.05, 4.69) is 42.2 Å². The minimum absolute atomic E-state index is 0.141. The predicted molar refractivity (Wildman–Crippen MR) is 86.1 cm³/mol. The van der Waals surface area contributed by atoms with Crippen LogP contribution < -0.4 is 5.32 Å². The van der Waals surface area contributed by atoms with Crippen molar-refractivity contribution in [2.24, 2.45) is 0 Å². The van der Waals surface area contributed by atoms with Crippen LogP contribution in [0.4, 0.5) is 4.39 Å². The van der Waals surface area contributed by atoms with Gasteiger partial charge in [-0.05, 0) is 70.3 Å². The van der Waals surface area contributed by atoms with Gasteiger partial charge in [0.1, 0.15) is 5.82 Å². The average molecular weight is 293 g/mol. The summed E-state index contributed by atoms with van der Waals surface area (Å²) in [6.45, 7) is 8.17. The van der Waals surface area contributed by atoms with Crippen LogP contribution in [-0.2, 0) is 0 Å². The Hall–Kier alpha value is -0.970. The van der Waals surface area contributed by atoms with E-state index in [-0.39, 0.29) is 11.9 Å². The number of hydrogen-bond donors (Lipinski definition) is 1. The zero-order valence-corrected chi connectivity index (χ0v) is 13.7. The molecule has 21 heavy (non-hydrogen) atoms. The molecule has 2 atom stereocenters. The summed E-state index contributed by atoms with van der Waals surface area (Å²) < 4.78 is 13.8. The smallest absolute Gasteiger partial charge is 0.123 e. The maximum absolute atomic E-state index is 13.8. The third-order valence-electron chi connectivity index (χ3n) is 4.35. The van der Waals surface area contributed by atoms with Crippen molar-refractivity contribution in [2.75, 3.05) is 40.3 Å². The van der Waals surface area contributed by atoms with Gasteiger partial charge in [0.15, 0.2) is 0 Å². The molecule has 118 valence electrons. The third kappa shape index (κ3) is 4.25. The normalized spacial score (nSPS) is 23.0. The lowest BCUT2D eigenvalue weighted by molar-refractivity contribution is 0.179. The quantitative estimate of drug-likeness (QED) is 0.920. The van der Waals surface area contributed by atoms with Crippen LogP contribution in [0, 0.1) is 12.7 Å². The summed E-state index contributed by atoms with van der Waals surface area (Å²) in [7, 11) is 4.35. The molecule has 1 aromatic carbocycles. The van der Waals surface area contributed by atoms with E-state index in [4.69, 9.17) is 0 Å². The molecule has 1 aliphatic rings. The Morgan fingerprint density at radius 2 is 2.05 bits per heavy atom. The third-order valence-corrected chi connectivity index (χ3v) is 4.35. The summed E-state index contributed by atoms with van der Waals surface area (Å²) in [4.78, 5) is 4.79. The van der Waals surface area contributed by atoms with Crippen LogP contribution >= 0.6 is 0 Å². The molecule has 4 heteroatoms. The standard InChI is InChI=1S/C17H28FN3/c1-5-19-17(14-9-13(2)10-15(18)11-14)16-12-20(3)7-6-8-21(16)4/h9-11,16-17,19H,5-8,12H2,1-4H3. The number of aryl methyl sites for hydroxylation is 1. The molecule has 0 radical (unpaired) electrons. The maximum Gasteiger partial charge on any atom is 0.123 e. The highest BCUT2D eigenvalue weighted by atomic mass is 19.1. The Balaban J connectivity index is 2.31. The summed E-state index contributed by atoms with van der Waals surface area (Å²) in [5, 5.41) is 3.57. The molecule has 1 aromatic rings.